The molecule has 1 saturated carbocycles. The lowest BCUT2D eigenvalue weighted by molar-refractivity contribution is -0.127. The minimum Gasteiger partial charge on any atom is -0.392 e. The van der Waals surface area contributed by atoms with E-state index < -0.39 is 6.10 Å². The number of carbonyl (C=O) groups is 1. The van der Waals surface area contributed by atoms with Gasteiger partial charge in [-0.2, -0.15) is 0 Å². The maximum atomic E-state index is 11.8. The van der Waals surface area contributed by atoms with Crippen LogP contribution in [0.15, 0.2) is 24.3 Å². The van der Waals surface area contributed by atoms with E-state index in [2.05, 4.69) is 5.32 Å². The van der Waals surface area contributed by atoms with E-state index in [1.165, 1.54) is 0 Å². The van der Waals surface area contributed by atoms with Crippen LogP contribution < -0.4 is 5.32 Å². The van der Waals surface area contributed by atoms with Gasteiger partial charge in [-0.1, -0.05) is 23.7 Å². The summed E-state index contributed by atoms with van der Waals surface area (Å²) in [6.45, 7) is 0.601. The fourth-order valence-electron chi connectivity index (χ4n) is 2.36. The fourth-order valence-corrected chi connectivity index (χ4v) is 2.48. The molecule has 98 valence electrons. The predicted molar refractivity (Wildman–Crippen MR) is 71.5 cm³/mol. The van der Waals surface area contributed by atoms with Gasteiger partial charge in [0.05, 0.1) is 12.0 Å². The van der Waals surface area contributed by atoms with Crippen LogP contribution in [0.4, 0.5) is 0 Å². The fraction of sp³-hybridized carbons (Fsp3) is 0.500. The Bertz CT molecular complexity index is 405. The Kier molecular flexibility index (Phi) is 4.61. The Labute approximate surface area is 112 Å². The third kappa shape index (κ3) is 3.47. The van der Waals surface area contributed by atoms with Crippen molar-refractivity contribution in [1.82, 2.24) is 5.32 Å². The molecule has 0 saturated heterocycles. The van der Waals surface area contributed by atoms with Crippen molar-refractivity contribution in [2.24, 2.45) is 5.92 Å². The maximum absolute atomic E-state index is 11.8. The van der Waals surface area contributed by atoms with Gasteiger partial charge in [-0.3, -0.25) is 4.79 Å². The number of benzene rings is 1. The number of carbonyl (C=O) groups excluding carboxylic acids is 1. The summed E-state index contributed by atoms with van der Waals surface area (Å²) in [7, 11) is 0. The first-order chi connectivity index (χ1) is 8.66. The monoisotopic (exact) mass is 267 g/mol. The summed E-state index contributed by atoms with van der Waals surface area (Å²) < 4.78 is 0. The lowest BCUT2D eigenvalue weighted by Gasteiger charge is -2.14. The zero-order chi connectivity index (χ0) is 13.0. The molecule has 18 heavy (non-hydrogen) atoms. The molecule has 0 heterocycles. The molecule has 0 bridgehead atoms. The molecule has 1 fully saturated rings. The summed E-state index contributed by atoms with van der Waals surface area (Å²) in [6.07, 6.45) is 2.81. The van der Waals surface area contributed by atoms with Crippen molar-refractivity contribution in [3.05, 3.63) is 34.9 Å². The standard InChI is InChI=1S/C14H18ClNO2/c15-11-6-4-10(5-7-11)8-9-16-14(18)12-2-1-3-13(12)17/h4-7,12-13,17H,1-3,8-9H2,(H,16,18). The number of hydrogen-bond donors (Lipinski definition) is 2. The minimum atomic E-state index is -0.458. The molecular formula is C14H18ClNO2. The van der Waals surface area contributed by atoms with Crippen molar-refractivity contribution >= 4 is 17.5 Å². The quantitative estimate of drug-likeness (QED) is 0.878. The van der Waals surface area contributed by atoms with Gasteiger partial charge in [0.15, 0.2) is 0 Å². The van der Waals surface area contributed by atoms with E-state index >= 15 is 0 Å². The molecule has 1 aliphatic rings. The van der Waals surface area contributed by atoms with Crippen molar-refractivity contribution in [2.75, 3.05) is 6.54 Å². The highest BCUT2D eigenvalue weighted by Crippen LogP contribution is 2.25. The van der Waals surface area contributed by atoms with E-state index in [9.17, 15) is 9.90 Å². The second-order valence-corrected chi connectivity index (χ2v) is 5.21. The highest BCUT2D eigenvalue weighted by molar-refractivity contribution is 6.30. The molecule has 2 atom stereocenters. The van der Waals surface area contributed by atoms with Crippen LogP contribution in [-0.2, 0) is 11.2 Å². The topological polar surface area (TPSA) is 49.3 Å². The van der Waals surface area contributed by atoms with Gasteiger partial charge in [0, 0.05) is 11.6 Å². The lowest BCUT2D eigenvalue weighted by Crippen LogP contribution is -2.35. The highest BCUT2D eigenvalue weighted by atomic mass is 35.5. The molecule has 1 aromatic carbocycles. The zero-order valence-corrected chi connectivity index (χ0v) is 11.0. The van der Waals surface area contributed by atoms with Gasteiger partial charge in [0.25, 0.3) is 0 Å². The first kappa shape index (κ1) is 13.4. The van der Waals surface area contributed by atoms with Gasteiger partial charge in [-0.05, 0) is 43.4 Å². The van der Waals surface area contributed by atoms with Crippen molar-refractivity contribution in [3.8, 4) is 0 Å². The van der Waals surface area contributed by atoms with Crippen molar-refractivity contribution in [3.63, 3.8) is 0 Å². The molecule has 1 aromatic rings. The van der Waals surface area contributed by atoms with Crippen LogP contribution in [0.5, 0.6) is 0 Å². The molecule has 1 aliphatic carbocycles. The van der Waals surface area contributed by atoms with E-state index in [0.717, 1.165) is 36.3 Å². The number of aliphatic hydroxyl groups is 1. The Morgan fingerprint density at radius 3 is 2.67 bits per heavy atom. The number of amides is 1. The van der Waals surface area contributed by atoms with Crippen LogP contribution in [-0.4, -0.2) is 23.7 Å². The second kappa shape index (κ2) is 6.21. The van der Waals surface area contributed by atoms with Crippen molar-refractivity contribution < 1.29 is 9.90 Å². The Balaban J connectivity index is 1.75. The van der Waals surface area contributed by atoms with Crippen molar-refractivity contribution in [1.29, 1.82) is 0 Å². The molecule has 0 radical (unpaired) electrons. The molecule has 2 rings (SSSR count). The Morgan fingerprint density at radius 1 is 1.33 bits per heavy atom. The number of nitrogens with one attached hydrogen (secondary N) is 1. The SMILES string of the molecule is O=C(NCCc1ccc(Cl)cc1)C1CCCC1O. The maximum Gasteiger partial charge on any atom is 0.225 e. The van der Waals surface area contributed by atoms with Gasteiger partial charge < -0.3 is 10.4 Å². The zero-order valence-electron chi connectivity index (χ0n) is 10.2. The normalized spacial score (nSPS) is 23.0. The molecular weight excluding hydrogens is 250 g/mol. The number of rotatable bonds is 4. The summed E-state index contributed by atoms with van der Waals surface area (Å²) >= 11 is 5.80. The van der Waals surface area contributed by atoms with Gasteiger partial charge in [-0.15, -0.1) is 0 Å². The van der Waals surface area contributed by atoms with Crippen LogP contribution >= 0.6 is 11.6 Å². The molecule has 0 aliphatic heterocycles. The number of aliphatic hydroxyl groups excluding tert-OH is 1. The molecule has 4 heteroatoms. The molecule has 0 spiro atoms. The summed E-state index contributed by atoms with van der Waals surface area (Å²) in [5.74, 6) is -0.232. The van der Waals surface area contributed by atoms with E-state index in [1.54, 1.807) is 0 Å². The van der Waals surface area contributed by atoms with Crippen LogP contribution in [0.1, 0.15) is 24.8 Å². The van der Waals surface area contributed by atoms with Crippen LogP contribution in [0.3, 0.4) is 0 Å². The van der Waals surface area contributed by atoms with E-state index in [4.69, 9.17) is 11.6 Å². The lowest BCUT2D eigenvalue weighted by atomic mass is 10.1. The Hall–Kier alpha value is -1.06. The van der Waals surface area contributed by atoms with Gasteiger partial charge in [0.1, 0.15) is 0 Å². The summed E-state index contributed by atoms with van der Waals surface area (Å²) in [4.78, 5) is 11.8. The summed E-state index contributed by atoms with van der Waals surface area (Å²) in [5.41, 5.74) is 1.15. The van der Waals surface area contributed by atoms with Gasteiger partial charge in [0.2, 0.25) is 5.91 Å². The van der Waals surface area contributed by atoms with Crippen LogP contribution in [0, 0.1) is 5.92 Å². The Morgan fingerprint density at radius 2 is 2.06 bits per heavy atom. The predicted octanol–water partition coefficient (Wildman–Crippen LogP) is 2.16. The molecule has 3 nitrogen and oxygen atoms in total. The first-order valence-electron chi connectivity index (χ1n) is 6.37. The smallest absolute Gasteiger partial charge is 0.225 e. The molecule has 2 unspecified atom stereocenters. The van der Waals surface area contributed by atoms with Gasteiger partial charge in [-0.25, -0.2) is 0 Å². The number of halogens is 1. The average molecular weight is 268 g/mol. The van der Waals surface area contributed by atoms with Gasteiger partial charge >= 0.3 is 0 Å². The van der Waals surface area contributed by atoms with Crippen molar-refractivity contribution in [2.45, 2.75) is 31.8 Å². The first-order valence-corrected chi connectivity index (χ1v) is 6.75. The number of hydrogen-bond acceptors (Lipinski definition) is 2. The second-order valence-electron chi connectivity index (χ2n) is 4.77. The molecule has 1 amide bonds. The van der Waals surface area contributed by atoms with E-state index in [0.29, 0.717) is 6.54 Å². The molecule has 2 N–H and O–H groups in total. The summed E-state index contributed by atoms with van der Waals surface area (Å²) in [5, 5.41) is 13.2. The van der Waals surface area contributed by atoms with Crippen LogP contribution in [0.25, 0.3) is 0 Å². The third-order valence-corrected chi connectivity index (χ3v) is 3.69. The average Bonchev–Trinajstić information content (AvgIpc) is 2.78. The third-order valence-electron chi connectivity index (χ3n) is 3.44. The largest absolute Gasteiger partial charge is 0.392 e. The minimum absolute atomic E-state index is 0.0195. The highest BCUT2D eigenvalue weighted by Gasteiger charge is 2.30. The van der Waals surface area contributed by atoms with E-state index in [-0.39, 0.29) is 11.8 Å². The van der Waals surface area contributed by atoms with E-state index in [1.807, 2.05) is 24.3 Å². The van der Waals surface area contributed by atoms with Crippen LogP contribution in [0.2, 0.25) is 5.02 Å². The molecule has 0 aromatic heterocycles. The summed E-state index contributed by atoms with van der Waals surface area (Å²) in [6, 6.07) is 7.61.